The van der Waals surface area contributed by atoms with E-state index in [-0.39, 0.29) is 12.6 Å². The second kappa shape index (κ2) is 5.51. The number of esters is 1. The number of carbonyl (C=O) groups is 1. The third-order valence-corrected chi connectivity index (χ3v) is 2.00. The molecule has 0 radical (unpaired) electrons. The molecule has 0 atom stereocenters. The van der Waals surface area contributed by atoms with E-state index in [1.54, 1.807) is 18.3 Å². The minimum atomic E-state index is -0.298. The quantitative estimate of drug-likeness (QED) is 0.586. The number of nitrogens with zero attached hydrogens (tertiary/aromatic N) is 1. The second-order valence-electron chi connectivity index (χ2n) is 3.10. The summed E-state index contributed by atoms with van der Waals surface area (Å²) in [6, 6.07) is 1.92. The van der Waals surface area contributed by atoms with Crippen molar-refractivity contribution < 1.29 is 9.53 Å². The van der Waals surface area contributed by atoms with Gasteiger partial charge in [-0.15, -0.1) is 0 Å². The zero-order valence-electron chi connectivity index (χ0n) is 8.66. The van der Waals surface area contributed by atoms with Crippen molar-refractivity contribution in [3.63, 3.8) is 0 Å². The zero-order valence-corrected chi connectivity index (χ0v) is 9.41. The molecule has 80 valence electrons. The van der Waals surface area contributed by atoms with Gasteiger partial charge in [-0.05, 0) is 24.6 Å². The van der Waals surface area contributed by atoms with E-state index < -0.39 is 0 Å². The van der Waals surface area contributed by atoms with Crippen LogP contribution in [0.4, 0.5) is 0 Å². The lowest BCUT2D eigenvalue weighted by Crippen LogP contribution is -1.97. The van der Waals surface area contributed by atoms with E-state index in [0.717, 1.165) is 11.1 Å². The standard InChI is InChI=1S/C11H12ClNO2/c1-8-6-10(11(12)13-7-8)4-3-5-15-9(2)14/h3-4,6-7H,5H2,1-2H3/b4-3+. The first-order valence-electron chi connectivity index (χ1n) is 4.51. The van der Waals surface area contributed by atoms with Crippen LogP contribution < -0.4 is 0 Å². The number of hydrogen-bond donors (Lipinski definition) is 0. The summed E-state index contributed by atoms with van der Waals surface area (Å²) in [6.45, 7) is 3.56. The average Bonchev–Trinajstić information content (AvgIpc) is 2.17. The molecular weight excluding hydrogens is 214 g/mol. The van der Waals surface area contributed by atoms with Crippen LogP contribution in [0.1, 0.15) is 18.1 Å². The van der Waals surface area contributed by atoms with Crippen LogP contribution in [-0.4, -0.2) is 17.6 Å². The predicted octanol–water partition coefficient (Wildman–Crippen LogP) is 2.62. The zero-order chi connectivity index (χ0) is 11.3. The topological polar surface area (TPSA) is 39.2 Å². The highest BCUT2D eigenvalue weighted by molar-refractivity contribution is 6.30. The van der Waals surface area contributed by atoms with Crippen LogP contribution in [0, 0.1) is 6.92 Å². The van der Waals surface area contributed by atoms with Gasteiger partial charge in [0.25, 0.3) is 0 Å². The van der Waals surface area contributed by atoms with Crippen LogP contribution in [0.5, 0.6) is 0 Å². The van der Waals surface area contributed by atoms with E-state index in [0.29, 0.717) is 5.15 Å². The van der Waals surface area contributed by atoms with Crippen LogP contribution in [0.3, 0.4) is 0 Å². The maximum atomic E-state index is 10.5. The molecule has 0 unspecified atom stereocenters. The van der Waals surface area contributed by atoms with Gasteiger partial charge in [0.05, 0.1) is 0 Å². The highest BCUT2D eigenvalue weighted by Crippen LogP contribution is 2.15. The summed E-state index contributed by atoms with van der Waals surface area (Å²) in [5.74, 6) is -0.298. The molecule has 0 aliphatic rings. The molecule has 0 aliphatic carbocycles. The summed E-state index contributed by atoms with van der Waals surface area (Å²) < 4.78 is 4.74. The monoisotopic (exact) mass is 225 g/mol. The second-order valence-corrected chi connectivity index (χ2v) is 3.46. The summed E-state index contributed by atoms with van der Waals surface area (Å²) >= 11 is 5.87. The van der Waals surface area contributed by atoms with Crippen molar-refractivity contribution in [2.24, 2.45) is 0 Å². The van der Waals surface area contributed by atoms with Crippen molar-refractivity contribution in [1.82, 2.24) is 4.98 Å². The largest absolute Gasteiger partial charge is 0.462 e. The number of ether oxygens (including phenoxy) is 1. The first-order chi connectivity index (χ1) is 7.09. The maximum Gasteiger partial charge on any atom is 0.302 e. The lowest BCUT2D eigenvalue weighted by molar-refractivity contribution is -0.139. The molecule has 4 heteroatoms. The Hall–Kier alpha value is -1.35. The Balaban J connectivity index is 2.63. The SMILES string of the molecule is CC(=O)OC/C=C/c1cc(C)cnc1Cl. The van der Waals surface area contributed by atoms with Crippen LogP contribution in [0.15, 0.2) is 18.3 Å². The molecule has 1 heterocycles. The van der Waals surface area contributed by atoms with Gasteiger partial charge in [-0.2, -0.15) is 0 Å². The van der Waals surface area contributed by atoms with Crippen LogP contribution >= 0.6 is 11.6 Å². The van der Waals surface area contributed by atoms with Gasteiger partial charge < -0.3 is 4.74 Å². The molecule has 0 fully saturated rings. The maximum absolute atomic E-state index is 10.5. The Bertz CT molecular complexity index is 388. The summed E-state index contributed by atoms with van der Waals surface area (Å²) in [4.78, 5) is 14.5. The van der Waals surface area contributed by atoms with E-state index in [1.807, 2.05) is 13.0 Å². The molecule has 1 rings (SSSR count). The molecule has 15 heavy (non-hydrogen) atoms. The molecule has 0 spiro atoms. The molecule has 0 bridgehead atoms. The fourth-order valence-corrected chi connectivity index (χ4v) is 1.20. The minimum absolute atomic E-state index is 0.250. The Kier molecular flexibility index (Phi) is 4.31. The van der Waals surface area contributed by atoms with Gasteiger partial charge in [-0.25, -0.2) is 4.98 Å². The molecule has 1 aromatic rings. The van der Waals surface area contributed by atoms with E-state index in [4.69, 9.17) is 16.3 Å². The predicted molar refractivity (Wildman–Crippen MR) is 59.7 cm³/mol. The first-order valence-corrected chi connectivity index (χ1v) is 4.89. The minimum Gasteiger partial charge on any atom is -0.462 e. The first kappa shape index (κ1) is 11.7. The van der Waals surface area contributed by atoms with E-state index in [2.05, 4.69) is 4.98 Å². The normalized spacial score (nSPS) is 10.6. The molecule has 0 saturated carbocycles. The third kappa shape index (κ3) is 4.13. The van der Waals surface area contributed by atoms with E-state index >= 15 is 0 Å². The Morgan fingerprint density at radius 2 is 2.40 bits per heavy atom. The number of aryl methyl sites for hydroxylation is 1. The van der Waals surface area contributed by atoms with Crippen molar-refractivity contribution in [2.75, 3.05) is 6.61 Å². The number of halogens is 1. The van der Waals surface area contributed by atoms with Crippen molar-refractivity contribution in [3.05, 3.63) is 34.6 Å². The van der Waals surface area contributed by atoms with Gasteiger partial charge >= 0.3 is 5.97 Å². The highest BCUT2D eigenvalue weighted by Gasteiger charge is 1.97. The average molecular weight is 226 g/mol. The van der Waals surface area contributed by atoms with E-state index in [9.17, 15) is 4.79 Å². The number of carbonyl (C=O) groups excluding carboxylic acids is 1. The van der Waals surface area contributed by atoms with E-state index in [1.165, 1.54) is 6.92 Å². The fourth-order valence-electron chi connectivity index (χ4n) is 1.03. The van der Waals surface area contributed by atoms with Crippen LogP contribution in [-0.2, 0) is 9.53 Å². The smallest absolute Gasteiger partial charge is 0.302 e. The van der Waals surface area contributed by atoms with Crippen molar-refractivity contribution in [3.8, 4) is 0 Å². The molecule has 0 aromatic carbocycles. The molecular formula is C11H12ClNO2. The summed E-state index contributed by atoms with van der Waals surface area (Å²) in [5, 5.41) is 0.444. The van der Waals surface area contributed by atoms with Crippen molar-refractivity contribution in [1.29, 1.82) is 0 Å². The fraction of sp³-hybridized carbons (Fsp3) is 0.273. The van der Waals surface area contributed by atoms with Crippen LogP contribution in [0.2, 0.25) is 5.15 Å². The van der Waals surface area contributed by atoms with Gasteiger partial charge in [-0.3, -0.25) is 4.79 Å². The van der Waals surface area contributed by atoms with Gasteiger partial charge in [0.15, 0.2) is 0 Å². The molecule has 1 aromatic heterocycles. The lowest BCUT2D eigenvalue weighted by atomic mass is 10.2. The lowest BCUT2D eigenvalue weighted by Gasteiger charge is -1.99. The molecule has 0 N–H and O–H groups in total. The number of pyridine rings is 1. The molecule has 0 aliphatic heterocycles. The third-order valence-electron chi connectivity index (χ3n) is 1.68. The molecule has 0 amide bonds. The summed E-state index contributed by atoms with van der Waals surface area (Å²) in [5.41, 5.74) is 1.86. The summed E-state index contributed by atoms with van der Waals surface area (Å²) in [7, 11) is 0. The number of hydrogen-bond acceptors (Lipinski definition) is 3. The van der Waals surface area contributed by atoms with Gasteiger partial charge in [0.2, 0.25) is 0 Å². The Morgan fingerprint density at radius 3 is 3.07 bits per heavy atom. The molecule has 3 nitrogen and oxygen atoms in total. The van der Waals surface area contributed by atoms with Gasteiger partial charge in [0.1, 0.15) is 11.8 Å². The Labute approximate surface area is 93.7 Å². The molecule has 0 saturated heterocycles. The van der Waals surface area contributed by atoms with Gasteiger partial charge in [0, 0.05) is 18.7 Å². The number of rotatable bonds is 3. The number of aromatic nitrogens is 1. The Morgan fingerprint density at radius 1 is 1.67 bits per heavy atom. The van der Waals surface area contributed by atoms with Crippen LogP contribution in [0.25, 0.3) is 6.08 Å². The van der Waals surface area contributed by atoms with Gasteiger partial charge in [-0.1, -0.05) is 17.7 Å². The van der Waals surface area contributed by atoms with Crippen molar-refractivity contribution >= 4 is 23.6 Å². The summed E-state index contributed by atoms with van der Waals surface area (Å²) in [6.07, 6.45) is 5.21. The van der Waals surface area contributed by atoms with Crippen molar-refractivity contribution in [2.45, 2.75) is 13.8 Å². The highest BCUT2D eigenvalue weighted by atomic mass is 35.5.